The number of fused-ring (bicyclic) bond motifs is 2. The van der Waals surface area contributed by atoms with E-state index in [1.165, 1.54) is 77.2 Å². The third-order valence-corrected chi connectivity index (χ3v) is 9.68. The summed E-state index contributed by atoms with van der Waals surface area (Å²) in [6, 6.07) is 49.2. The average Bonchev–Trinajstić information content (AvgIpc) is 3.72. The molecule has 0 aromatic heterocycles. The topological polar surface area (TPSA) is 0 Å². The molecule has 0 bridgehead atoms. The van der Waals surface area contributed by atoms with Gasteiger partial charge in [-0.1, -0.05) is 182 Å². The molecule has 7 aromatic rings. The van der Waals surface area contributed by atoms with E-state index >= 15 is 0 Å². The minimum atomic E-state index is 0. The van der Waals surface area contributed by atoms with Crippen molar-refractivity contribution in [1.82, 2.24) is 0 Å². The summed E-state index contributed by atoms with van der Waals surface area (Å²) in [5.41, 5.74) is 13.9. The summed E-state index contributed by atoms with van der Waals surface area (Å²) >= 11 is 1.74. The Bertz CT molecular complexity index is 2250. The van der Waals surface area contributed by atoms with Crippen LogP contribution in [-0.4, -0.2) is 5.43 Å². The second-order valence-electron chi connectivity index (χ2n) is 16.8. The van der Waals surface area contributed by atoms with E-state index in [9.17, 15) is 0 Å². The predicted molar refractivity (Wildman–Crippen MR) is 229 cm³/mol. The van der Waals surface area contributed by atoms with Gasteiger partial charge < -0.3 is 24.8 Å². The summed E-state index contributed by atoms with van der Waals surface area (Å²) in [4.78, 5) is 0. The summed E-state index contributed by atoms with van der Waals surface area (Å²) in [7, 11) is 0. The fourth-order valence-electron chi connectivity index (χ4n) is 6.71. The number of aryl methyl sites for hydroxylation is 1. The fraction of sp³-hybridized carbons (Fsp3) is 0.280. The third kappa shape index (κ3) is 11.3. The van der Waals surface area contributed by atoms with Crippen LogP contribution >= 0.6 is 0 Å². The van der Waals surface area contributed by atoms with Crippen molar-refractivity contribution in [3.05, 3.63) is 156 Å². The van der Waals surface area contributed by atoms with Crippen molar-refractivity contribution < 1.29 is 48.1 Å². The zero-order valence-electron chi connectivity index (χ0n) is 34.0. The Kier molecular flexibility index (Phi) is 16.2. The number of rotatable bonds is 4. The van der Waals surface area contributed by atoms with Crippen LogP contribution < -0.4 is 24.8 Å². The summed E-state index contributed by atoms with van der Waals surface area (Å²) in [5, 5.41) is 5.40. The molecule has 0 aliphatic heterocycles. The SMILES string of the molecule is CC(C)c1cc2c(-c3ccc(C(C)(C)C)cc3)cccc2[cH-]1.C[Si](C)=[Zr+2].Cc1cc2c(-c3ccc(C(C)(C)C)cc3)ccc(-c3ccccc3)c2[cH-]1.[Cl-].[Cl-]. The van der Waals surface area contributed by atoms with Crippen LogP contribution in [0.15, 0.2) is 133 Å². The van der Waals surface area contributed by atoms with Gasteiger partial charge in [0.25, 0.3) is 0 Å². The maximum absolute atomic E-state index is 2.35. The zero-order chi connectivity index (χ0) is 37.8. The van der Waals surface area contributed by atoms with Gasteiger partial charge in [-0.15, -0.1) is 56.9 Å². The van der Waals surface area contributed by atoms with E-state index in [1.807, 2.05) is 0 Å². The van der Waals surface area contributed by atoms with Gasteiger partial charge >= 0.3 is 41.9 Å². The largest absolute Gasteiger partial charge is 1.00 e. The van der Waals surface area contributed by atoms with Crippen LogP contribution in [0.2, 0.25) is 13.1 Å². The monoisotopic (exact) mass is 844 g/mol. The molecule has 0 amide bonds. The van der Waals surface area contributed by atoms with E-state index in [4.69, 9.17) is 0 Å². The molecule has 54 heavy (non-hydrogen) atoms. The smallest absolute Gasteiger partial charge is 0.0132 e. The Hall–Kier alpha value is -3.00. The van der Waals surface area contributed by atoms with Crippen LogP contribution in [0.25, 0.3) is 54.9 Å². The molecule has 0 unspecified atom stereocenters. The van der Waals surface area contributed by atoms with Crippen LogP contribution in [0, 0.1) is 6.92 Å². The maximum Gasteiger partial charge on any atom is -0.0132 e. The fourth-order valence-corrected chi connectivity index (χ4v) is 6.71. The molecule has 0 radical (unpaired) electrons. The molecule has 0 aliphatic carbocycles. The summed E-state index contributed by atoms with van der Waals surface area (Å²) in [5.74, 6) is 0.573. The normalized spacial score (nSPS) is 11.2. The van der Waals surface area contributed by atoms with Crippen LogP contribution in [0.3, 0.4) is 0 Å². The van der Waals surface area contributed by atoms with Gasteiger partial charge in [0.05, 0.1) is 0 Å². The Morgan fingerprint density at radius 3 is 1.48 bits per heavy atom. The standard InChI is InChI=1S/C26H25.C22H25.C2H6Si.2ClH.Zr/c1-18-16-24-22(19-8-6-5-7-9-19)14-15-23(25(24)17-18)20-10-12-21(13-11-20)26(2,3)4;1-15(2)18-13-17-7-6-8-20(21(17)14-18)16-9-11-19(12-10-16)22(3,4)5;1-3-2;;;/h5-17H,1-4H3;6-15H,1-5H3;1-2H3;2*1H;/q2*-1;;;;+2/p-2. The summed E-state index contributed by atoms with van der Waals surface area (Å²) < 4.78 is 0. The molecule has 7 rings (SSSR count). The van der Waals surface area contributed by atoms with E-state index in [0.29, 0.717) is 5.92 Å². The molecule has 0 nitrogen and oxygen atoms in total. The van der Waals surface area contributed by atoms with Crippen molar-refractivity contribution in [2.24, 2.45) is 0 Å². The van der Waals surface area contributed by atoms with Crippen molar-refractivity contribution in [3.63, 3.8) is 0 Å². The van der Waals surface area contributed by atoms with Crippen molar-refractivity contribution in [2.75, 3.05) is 0 Å². The van der Waals surface area contributed by atoms with Gasteiger partial charge in [-0.3, -0.25) is 0 Å². The van der Waals surface area contributed by atoms with E-state index in [0.717, 1.165) is 0 Å². The summed E-state index contributed by atoms with van der Waals surface area (Å²) in [6.07, 6.45) is 0. The van der Waals surface area contributed by atoms with Crippen molar-refractivity contribution in [2.45, 2.75) is 92.2 Å². The number of halogens is 2. The first-order valence-corrected chi connectivity index (χ1v) is 24.9. The molecular formula is C50H56Cl2SiZr-2. The first-order valence-electron chi connectivity index (χ1n) is 18.7. The van der Waals surface area contributed by atoms with Gasteiger partial charge in [-0.05, 0) is 39.0 Å². The van der Waals surface area contributed by atoms with Crippen molar-refractivity contribution in [3.8, 4) is 33.4 Å². The quantitative estimate of drug-likeness (QED) is 0.123. The molecule has 280 valence electrons. The average molecular weight is 847 g/mol. The molecule has 0 spiro atoms. The Morgan fingerprint density at radius 2 is 1.00 bits per heavy atom. The molecule has 4 heteroatoms. The number of hydrogen-bond donors (Lipinski definition) is 0. The molecule has 0 aliphatic rings. The molecule has 0 saturated heterocycles. The van der Waals surface area contributed by atoms with Crippen LogP contribution in [-0.2, 0) is 34.2 Å². The molecule has 7 aromatic carbocycles. The van der Waals surface area contributed by atoms with Crippen LogP contribution in [0.5, 0.6) is 0 Å². The van der Waals surface area contributed by atoms with Gasteiger partial charge in [0.15, 0.2) is 0 Å². The first-order chi connectivity index (χ1) is 24.5. The van der Waals surface area contributed by atoms with Gasteiger partial charge in [-0.2, -0.15) is 12.1 Å². The molecule has 0 N–H and O–H groups in total. The molecule has 0 saturated carbocycles. The molecule has 0 heterocycles. The first kappa shape index (κ1) is 45.4. The van der Waals surface area contributed by atoms with E-state index in [2.05, 4.69) is 209 Å². The van der Waals surface area contributed by atoms with Crippen LogP contribution in [0.4, 0.5) is 0 Å². The van der Waals surface area contributed by atoms with Gasteiger partial charge in [-0.25, -0.2) is 0 Å². The second-order valence-corrected chi connectivity index (χ2v) is 26.2. The van der Waals surface area contributed by atoms with E-state index in [1.54, 1.807) is 23.3 Å². The Balaban J connectivity index is 0.000000258. The number of benzene rings is 5. The summed E-state index contributed by atoms with van der Waals surface area (Å²) in [6.45, 7) is 24.9. The van der Waals surface area contributed by atoms with E-state index in [-0.39, 0.29) is 41.1 Å². The molecular weight excluding hydrogens is 791 g/mol. The number of hydrogen-bond acceptors (Lipinski definition) is 0. The Labute approximate surface area is 353 Å². The van der Waals surface area contributed by atoms with Crippen LogP contribution in [0.1, 0.15) is 83.6 Å². The van der Waals surface area contributed by atoms with E-state index < -0.39 is 0 Å². The minimum Gasteiger partial charge on any atom is -1.00 e. The third-order valence-electron chi connectivity index (χ3n) is 9.68. The van der Waals surface area contributed by atoms with Crippen molar-refractivity contribution >= 4 is 27.0 Å². The van der Waals surface area contributed by atoms with Gasteiger partial charge in [0, 0.05) is 0 Å². The predicted octanol–water partition coefficient (Wildman–Crippen LogP) is 8.94. The van der Waals surface area contributed by atoms with Gasteiger partial charge in [0.2, 0.25) is 0 Å². The zero-order valence-corrected chi connectivity index (χ0v) is 39.0. The van der Waals surface area contributed by atoms with Crippen molar-refractivity contribution in [1.29, 1.82) is 0 Å². The molecule has 0 fully saturated rings. The second kappa shape index (κ2) is 19.2. The van der Waals surface area contributed by atoms with Gasteiger partial charge in [0.1, 0.15) is 0 Å². The molecule has 0 atom stereocenters. The minimum absolute atomic E-state index is 0. The Morgan fingerprint density at radius 1 is 0.537 bits per heavy atom. The maximum atomic E-state index is 2.35.